The molecule has 0 aliphatic heterocycles. The summed E-state index contributed by atoms with van der Waals surface area (Å²) >= 11 is 6.24. The van der Waals surface area contributed by atoms with E-state index < -0.39 is 0 Å². The van der Waals surface area contributed by atoms with Crippen molar-refractivity contribution in [3.8, 4) is 0 Å². The Labute approximate surface area is 100 Å². The third-order valence-corrected chi connectivity index (χ3v) is 2.85. The van der Waals surface area contributed by atoms with E-state index in [-0.39, 0.29) is 5.41 Å². The van der Waals surface area contributed by atoms with Crippen LogP contribution in [0.4, 0.5) is 5.82 Å². The van der Waals surface area contributed by atoms with Crippen LogP contribution in [-0.4, -0.2) is 4.98 Å². The van der Waals surface area contributed by atoms with Crippen molar-refractivity contribution in [3.05, 3.63) is 35.0 Å². The summed E-state index contributed by atoms with van der Waals surface area (Å²) in [4.78, 5) is 4.43. The molecule has 0 bridgehead atoms. The first kappa shape index (κ1) is 11.2. The van der Waals surface area contributed by atoms with E-state index in [4.69, 9.17) is 17.3 Å². The molecular weight excluding hydrogens is 220 g/mol. The molecule has 0 saturated heterocycles. The van der Waals surface area contributed by atoms with Gasteiger partial charge in [0.2, 0.25) is 0 Å². The monoisotopic (exact) mass is 234 g/mol. The molecule has 84 valence electrons. The minimum Gasteiger partial charge on any atom is -0.384 e. The van der Waals surface area contributed by atoms with Crippen LogP contribution in [0.25, 0.3) is 10.8 Å². The zero-order chi connectivity index (χ0) is 11.9. The Balaban J connectivity index is 2.91. The molecule has 0 aliphatic rings. The summed E-state index contributed by atoms with van der Waals surface area (Å²) in [5.74, 6) is 0.541. The summed E-state index contributed by atoms with van der Waals surface area (Å²) in [5, 5.41) is 2.78. The Kier molecular flexibility index (Phi) is 2.55. The Bertz CT molecular complexity index is 541. The zero-order valence-corrected chi connectivity index (χ0v) is 10.5. The van der Waals surface area contributed by atoms with Crippen molar-refractivity contribution in [2.75, 3.05) is 5.73 Å². The van der Waals surface area contributed by atoms with Crippen LogP contribution in [0.3, 0.4) is 0 Å². The molecule has 1 heterocycles. The van der Waals surface area contributed by atoms with Crippen molar-refractivity contribution in [2.24, 2.45) is 0 Å². The van der Waals surface area contributed by atoms with Gasteiger partial charge in [-0.1, -0.05) is 44.5 Å². The van der Waals surface area contributed by atoms with Crippen LogP contribution < -0.4 is 5.73 Å². The lowest BCUT2D eigenvalue weighted by Gasteiger charge is -2.21. The number of aromatic nitrogens is 1. The van der Waals surface area contributed by atoms with Gasteiger partial charge in [-0.25, -0.2) is 4.98 Å². The average molecular weight is 235 g/mol. The SMILES string of the molecule is CC(C)(C)c1nc(N)cc2cccc(Cl)c12. The predicted octanol–water partition coefficient (Wildman–Crippen LogP) is 3.77. The summed E-state index contributed by atoms with van der Waals surface area (Å²) in [6.45, 7) is 6.33. The molecule has 1 aromatic heterocycles. The van der Waals surface area contributed by atoms with Crippen molar-refractivity contribution in [1.29, 1.82) is 0 Å². The highest BCUT2D eigenvalue weighted by Crippen LogP contribution is 2.33. The molecule has 1 aromatic carbocycles. The number of nitrogens with zero attached hydrogens (tertiary/aromatic N) is 1. The van der Waals surface area contributed by atoms with Crippen LogP contribution in [-0.2, 0) is 5.41 Å². The molecule has 0 unspecified atom stereocenters. The standard InChI is InChI=1S/C13H15ClN2/c1-13(2,3)12-11-8(7-10(15)16-12)5-4-6-9(11)14/h4-7H,1-3H3,(H2,15,16). The maximum Gasteiger partial charge on any atom is 0.124 e. The summed E-state index contributed by atoms with van der Waals surface area (Å²) < 4.78 is 0. The number of hydrogen-bond acceptors (Lipinski definition) is 2. The van der Waals surface area contributed by atoms with Crippen molar-refractivity contribution in [3.63, 3.8) is 0 Å². The normalized spacial score (nSPS) is 12.0. The van der Waals surface area contributed by atoms with Crippen molar-refractivity contribution < 1.29 is 0 Å². The van der Waals surface area contributed by atoms with E-state index in [2.05, 4.69) is 25.8 Å². The zero-order valence-electron chi connectivity index (χ0n) is 9.71. The summed E-state index contributed by atoms with van der Waals surface area (Å²) in [6, 6.07) is 7.68. The fourth-order valence-electron chi connectivity index (χ4n) is 1.83. The number of nitrogens with two attached hydrogens (primary N) is 1. The highest BCUT2D eigenvalue weighted by atomic mass is 35.5. The van der Waals surface area contributed by atoms with Gasteiger partial charge < -0.3 is 5.73 Å². The molecule has 16 heavy (non-hydrogen) atoms. The topological polar surface area (TPSA) is 38.9 Å². The molecular formula is C13H15ClN2. The molecule has 0 saturated carbocycles. The van der Waals surface area contributed by atoms with E-state index in [0.717, 1.165) is 21.5 Å². The first-order valence-electron chi connectivity index (χ1n) is 5.25. The van der Waals surface area contributed by atoms with Crippen molar-refractivity contribution in [1.82, 2.24) is 4.98 Å². The van der Waals surface area contributed by atoms with Gasteiger partial charge in [-0.3, -0.25) is 0 Å². The second-order valence-electron chi connectivity index (χ2n) is 4.98. The molecule has 0 aliphatic carbocycles. The van der Waals surface area contributed by atoms with E-state index in [1.54, 1.807) is 0 Å². The third-order valence-electron chi connectivity index (χ3n) is 2.54. The van der Waals surface area contributed by atoms with Crippen LogP contribution in [0, 0.1) is 0 Å². The number of nitrogen functional groups attached to an aromatic ring is 1. The molecule has 2 nitrogen and oxygen atoms in total. The van der Waals surface area contributed by atoms with Crippen LogP contribution >= 0.6 is 11.6 Å². The third kappa shape index (κ3) is 1.85. The van der Waals surface area contributed by atoms with Gasteiger partial charge >= 0.3 is 0 Å². The Hall–Kier alpha value is -1.28. The largest absolute Gasteiger partial charge is 0.384 e. The number of rotatable bonds is 0. The van der Waals surface area contributed by atoms with Gasteiger partial charge in [0.15, 0.2) is 0 Å². The van der Waals surface area contributed by atoms with Gasteiger partial charge in [0.05, 0.1) is 10.7 Å². The number of fused-ring (bicyclic) bond motifs is 1. The maximum absolute atomic E-state index is 6.24. The lowest BCUT2D eigenvalue weighted by molar-refractivity contribution is 0.576. The molecule has 2 rings (SSSR count). The van der Waals surface area contributed by atoms with E-state index >= 15 is 0 Å². The van der Waals surface area contributed by atoms with Gasteiger partial charge in [0.25, 0.3) is 0 Å². The fourth-order valence-corrected chi connectivity index (χ4v) is 2.10. The number of anilines is 1. The lowest BCUT2D eigenvalue weighted by Crippen LogP contribution is -2.15. The van der Waals surface area contributed by atoms with Crippen LogP contribution in [0.15, 0.2) is 24.3 Å². The highest BCUT2D eigenvalue weighted by Gasteiger charge is 2.20. The Morgan fingerprint density at radius 1 is 1.25 bits per heavy atom. The van der Waals surface area contributed by atoms with Crippen LogP contribution in [0.2, 0.25) is 5.02 Å². The smallest absolute Gasteiger partial charge is 0.124 e. The quantitative estimate of drug-likeness (QED) is 0.754. The minimum atomic E-state index is -0.0708. The predicted molar refractivity (Wildman–Crippen MR) is 69.9 cm³/mol. The first-order valence-corrected chi connectivity index (χ1v) is 5.62. The van der Waals surface area contributed by atoms with E-state index in [1.807, 2.05) is 24.3 Å². The van der Waals surface area contributed by atoms with Gasteiger partial charge in [0, 0.05) is 10.8 Å². The Morgan fingerprint density at radius 2 is 1.94 bits per heavy atom. The van der Waals surface area contributed by atoms with E-state index in [1.165, 1.54) is 0 Å². The first-order chi connectivity index (χ1) is 7.39. The minimum absolute atomic E-state index is 0.0708. The average Bonchev–Trinajstić information content (AvgIpc) is 2.15. The Morgan fingerprint density at radius 3 is 2.56 bits per heavy atom. The number of halogens is 1. The van der Waals surface area contributed by atoms with Gasteiger partial charge in [0.1, 0.15) is 5.82 Å². The summed E-state index contributed by atoms with van der Waals surface area (Å²) in [7, 11) is 0. The molecule has 3 heteroatoms. The molecule has 0 radical (unpaired) electrons. The highest BCUT2D eigenvalue weighted by molar-refractivity contribution is 6.35. The van der Waals surface area contributed by atoms with E-state index in [0.29, 0.717) is 5.82 Å². The molecule has 0 spiro atoms. The van der Waals surface area contributed by atoms with Crippen molar-refractivity contribution in [2.45, 2.75) is 26.2 Å². The van der Waals surface area contributed by atoms with E-state index in [9.17, 15) is 0 Å². The van der Waals surface area contributed by atoms with Gasteiger partial charge in [-0.15, -0.1) is 0 Å². The number of benzene rings is 1. The van der Waals surface area contributed by atoms with Crippen LogP contribution in [0.5, 0.6) is 0 Å². The fraction of sp³-hybridized carbons (Fsp3) is 0.308. The van der Waals surface area contributed by atoms with Crippen LogP contribution in [0.1, 0.15) is 26.5 Å². The molecule has 2 N–H and O–H groups in total. The number of pyridine rings is 1. The molecule has 0 atom stereocenters. The number of hydrogen-bond donors (Lipinski definition) is 1. The van der Waals surface area contributed by atoms with Gasteiger partial charge in [-0.05, 0) is 17.5 Å². The molecule has 0 amide bonds. The van der Waals surface area contributed by atoms with Crippen molar-refractivity contribution >= 4 is 28.2 Å². The maximum atomic E-state index is 6.24. The summed E-state index contributed by atoms with van der Waals surface area (Å²) in [5.41, 5.74) is 6.70. The summed E-state index contributed by atoms with van der Waals surface area (Å²) in [6.07, 6.45) is 0. The molecule has 2 aromatic rings. The molecule has 0 fully saturated rings. The second-order valence-corrected chi connectivity index (χ2v) is 5.39. The second kappa shape index (κ2) is 3.63. The van der Waals surface area contributed by atoms with Gasteiger partial charge in [-0.2, -0.15) is 0 Å². The lowest BCUT2D eigenvalue weighted by atomic mass is 9.88.